The molecular formula is C20H18BrClN4O2S. The standard InChI is InChI=1S/C20H18BrClN4O2S/c1-3-10-26-19(16-11-14(22)6-9-17(16)28-2)24-25-20(26)29-12-18(27)23-15-7-4-13(21)5-8-15/h3-9,11H,1,10,12H2,2H3,(H,23,27). The summed E-state index contributed by atoms with van der Waals surface area (Å²) < 4.78 is 8.25. The van der Waals surface area contributed by atoms with Crippen LogP contribution in [0.5, 0.6) is 5.75 Å². The summed E-state index contributed by atoms with van der Waals surface area (Å²) in [7, 11) is 1.59. The minimum absolute atomic E-state index is 0.132. The van der Waals surface area contributed by atoms with Gasteiger partial charge in [-0.3, -0.25) is 9.36 Å². The number of hydrogen-bond acceptors (Lipinski definition) is 5. The lowest BCUT2D eigenvalue weighted by molar-refractivity contribution is -0.113. The van der Waals surface area contributed by atoms with E-state index >= 15 is 0 Å². The third-order valence-electron chi connectivity index (χ3n) is 3.89. The summed E-state index contributed by atoms with van der Waals surface area (Å²) in [4.78, 5) is 12.3. The molecule has 3 rings (SSSR count). The van der Waals surface area contributed by atoms with Crippen LogP contribution in [-0.4, -0.2) is 33.5 Å². The van der Waals surface area contributed by atoms with Gasteiger partial charge in [-0.25, -0.2) is 0 Å². The Morgan fingerprint density at radius 2 is 2.07 bits per heavy atom. The molecule has 0 unspecified atom stereocenters. The van der Waals surface area contributed by atoms with E-state index in [0.717, 1.165) is 15.7 Å². The number of benzene rings is 2. The highest BCUT2D eigenvalue weighted by atomic mass is 79.9. The van der Waals surface area contributed by atoms with Crippen molar-refractivity contribution in [3.8, 4) is 17.1 Å². The molecule has 0 saturated heterocycles. The maximum Gasteiger partial charge on any atom is 0.234 e. The van der Waals surface area contributed by atoms with Crippen LogP contribution in [0.4, 0.5) is 5.69 Å². The summed E-state index contributed by atoms with van der Waals surface area (Å²) in [5, 5.41) is 12.6. The Bertz CT molecular complexity index is 1020. The third kappa shape index (κ3) is 5.41. The van der Waals surface area contributed by atoms with Crippen molar-refractivity contribution in [2.75, 3.05) is 18.2 Å². The van der Waals surface area contributed by atoms with Gasteiger partial charge in [0.15, 0.2) is 11.0 Å². The smallest absolute Gasteiger partial charge is 0.234 e. The highest BCUT2D eigenvalue weighted by Gasteiger charge is 2.18. The van der Waals surface area contributed by atoms with Crippen molar-refractivity contribution in [2.45, 2.75) is 11.7 Å². The summed E-state index contributed by atoms with van der Waals surface area (Å²) in [6.45, 7) is 4.28. The Labute approximate surface area is 186 Å². The van der Waals surface area contributed by atoms with Crippen molar-refractivity contribution >= 4 is 50.9 Å². The first-order valence-corrected chi connectivity index (χ1v) is 10.7. The fourth-order valence-electron chi connectivity index (χ4n) is 2.60. The summed E-state index contributed by atoms with van der Waals surface area (Å²) in [6.07, 6.45) is 1.75. The molecule has 0 fully saturated rings. The van der Waals surface area contributed by atoms with Gasteiger partial charge in [-0.05, 0) is 42.5 Å². The maximum atomic E-state index is 12.3. The van der Waals surface area contributed by atoms with Crippen LogP contribution >= 0.6 is 39.3 Å². The van der Waals surface area contributed by atoms with Gasteiger partial charge in [-0.15, -0.1) is 16.8 Å². The molecule has 2 aromatic carbocycles. The molecule has 0 aliphatic carbocycles. The van der Waals surface area contributed by atoms with Crippen LogP contribution in [0.2, 0.25) is 5.02 Å². The first kappa shape index (κ1) is 21.4. The summed E-state index contributed by atoms with van der Waals surface area (Å²) in [5.41, 5.74) is 1.45. The summed E-state index contributed by atoms with van der Waals surface area (Å²) in [5.74, 6) is 1.29. The van der Waals surface area contributed by atoms with Crippen LogP contribution in [0.25, 0.3) is 11.4 Å². The number of methoxy groups -OCH3 is 1. The van der Waals surface area contributed by atoms with Gasteiger partial charge in [0.25, 0.3) is 0 Å². The predicted octanol–water partition coefficient (Wildman–Crippen LogP) is 5.29. The normalized spacial score (nSPS) is 10.6. The molecule has 3 aromatic rings. The fourth-order valence-corrected chi connectivity index (χ4v) is 3.79. The molecule has 9 heteroatoms. The zero-order chi connectivity index (χ0) is 20.8. The van der Waals surface area contributed by atoms with Crippen molar-refractivity contribution in [1.82, 2.24) is 14.8 Å². The lowest BCUT2D eigenvalue weighted by Gasteiger charge is -2.11. The zero-order valence-electron chi connectivity index (χ0n) is 15.6. The number of amides is 1. The fraction of sp³-hybridized carbons (Fsp3) is 0.150. The zero-order valence-corrected chi connectivity index (χ0v) is 18.7. The van der Waals surface area contributed by atoms with Gasteiger partial charge in [0, 0.05) is 21.7 Å². The molecule has 0 bridgehead atoms. The Balaban J connectivity index is 1.78. The van der Waals surface area contributed by atoms with Crippen LogP contribution in [0.15, 0.2) is 64.7 Å². The van der Waals surface area contributed by atoms with Crippen molar-refractivity contribution in [3.63, 3.8) is 0 Å². The number of rotatable bonds is 8. The molecule has 0 radical (unpaired) electrons. The van der Waals surface area contributed by atoms with Crippen LogP contribution in [0, 0.1) is 0 Å². The van der Waals surface area contributed by atoms with Crippen LogP contribution in [0.1, 0.15) is 0 Å². The largest absolute Gasteiger partial charge is 0.496 e. The van der Waals surface area contributed by atoms with Gasteiger partial charge >= 0.3 is 0 Å². The van der Waals surface area contributed by atoms with Gasteiger partial charge in [0.05, 0.1) is 18.4 Å². The van der Waals surface area contributed by atoms with E-state index in [1.54, 1.807) is 31.4 Å². The molecule has 1 N–H and O–H groups in total. The van der Waals surface area contributed by atoms with Crippen molar-refractivity contribution in [1.29, 1.82) is 0 Å². The number of anilines is 1. The Morgan fingerprint density at radius 3 is 2.76 bits per heavy atom. The van der Waals surface area contributed by atoms with E-state index in [1.165, 1.54) is 11.8 Å². The SMILES string of the molecule is C=CCn1c(SCC(=O)Nc2ccc(Br)cc2)nnc1-c1cc(Cl)ccc1OC. The highest BCUT2D eigenvalue weighted by molar-refractivity contribution is 9.10. The molecule has 0 saturated carbocycles. The molecule has 0 aliphatic heterocycles. The minimum Gasteiger partial charge on any atom is -0.496 e. The second-order valence-electron chi connectivity index (χ2n) is 5.89. The lowest BCUT2D eigenvalue weighted by atomic mass is 10.2. The molecule has 0 spiro atoms. The monoisotopic (exact) mass is 492 g/mol. The summed E-state index contributed by atoms with van der Waals surface area (Å²) in [6, 6.07) is 12.7. The Kier molecular flexibility index (Phi) is 7.35. The second kappa shape index (κ2) is 9.96. The Hall–Kier alpha value is -2.29. The topological polar surface area (TPSA) is 69.0 Å². The highest BCUT2D eigenvalue weighted by Crippen LogP contribution is 2.33. The first-order chi connectivity index (χ1) is 14.0. The number of allylic oxidation sites excluding steroid dienone is 1. The van der Waals surface area contributed by atoms with Gasteiger partial charge < -0.3 is 10.1 Å². The maximum absolute atomic E-state index is 12.3. The summed E-state index contributed by atoms with van der Waals surface area (Å²) >= 11 is 10.8. The van der Waals surface area contributed by atoms with Crippen LogP contribution in [-0.2, 0) is 11.3 Å². The van der Waals surface area contributed by atoms with Crippen molar-refractivity contribution < 1.29 is 9.53 Å². The van der Waals surface area contributed by atoms with E-state index in [4.69, 9.17) is 16.3 Å². The second-order valence-corrected chi connectivity index (χ2v) is 8.19. The minimum atomic E-state index is -0.132. The first-order valence-electron chi connectivity index (χ1n) is 8.58. The van der Waals surface area contributed by atoms with Crippen LogP contribution < -0.4 is 10.1 Å². The average Bonchev–Trinajstić information content (AvgIpc) is 3.11. The predicted molar refractivity (Wildman–Crippen MR) is 121 cm³/mol. The van der Waals surface area contributed by atoms with E-state index in [2.05, 4.69) is 38.0 Å². The number of nitrogens with one attached hydrogen (secondary N) is 1. The van der Waals surface area contributed by atoms with Gasteiger partial charge in [-0.2, -0.15) is 0 Å². The number of ether oxygens (including phenoxy) is 1. The number of thioether (sulfide) groups is 1. The Morgan fingerprint density at radius 1 is 1.31 bits per heavy atom. The molecule has 0 aliphatic rings. The molecule has 29 heavy (non-hydrogen) atoms. The molecular weight excluding hydrogens is 476 g/mol. The van der Waals surface area contributed by atoms with Crippen molar-refractivity contribution in [3.05, 3.63) is 64.6 Å². The number of halogens is 2. The van der Waals surface area contributed by atoms with E-state index < -0.39 is 0 Å². The lowest BCUT2D eigenvalue weighted by Crippen LogP contribution is -2.14. The molecule has 1 heterocycles. The number of carbonyl (C=O) groups excluding carboxylic acids is 1. The molecule has 6 nitrogen and oxygen atoms in total. The van der Waals surface area contributed by atoms with Gasteiger partial charge in [0.2, 0.25) is 5.91 Å². The van der Waals surface area contributed by atoms with E-state index in [9.17, 15) is 4.79 Å². The number of carbonyl (C=O) groups is 1. The average molecular weight is 494 g/mol. The quantitative estimate of drug-likeness (QED) is 0.341. The van der Waals surface area contributed by atoms with Gasteiger partial charge in [0.1, 0.15) is 5.75 Å². The van der Waals surface area contributed by atoms with E-state index in [0.29, 0.717) is 28.3 Å². The molecule has 1 amide bonds. The van der Waals surface area contributed by atoms with Crippen LogP contribution in [0.3, 0.4) is 0 Å². The molecule has 1 aromatic heterocycles. The van der Waals surface area contributed by atoms with E-state index in [-0.39, 0.29) is 11.7 Å². The number of hydrogen-bond donors (Lipinski definition) is 1. The number of aromatic nitrogens is 3. The molecule has 150 valence electrons. The third-order valence-corrected chi connectivity index (χ3v) is 5.62. The number of nitrogens with zero attached hydrogens (tertiary/aromatic N) is 3. The van der Waals surface area contributed by atoms with Gasteiger partial charge in [-0.1, -0.05) is 45.4 Å². The van der Waals surface area contributed by atoms with E-state index in [1.807, 2.05) is 28.8 Å². The van der Waals surface area contributed by atoms with Crippen molar-refractivity contribution in [2.24, 2.45) is 0 Å². The molecule has 0 atom stereocenters.